The van der Waals surface area contributed by atoms with Gasteiger partial charge in [-0.25, -0.2) is 9.78 Å². The van der Waals surface area contributed by atoms with Crippen LogP contribution in [0.4, 0.5) is 0 Å². The fourth-order valence-corrected chi connectivity index (χ4v) is 1.27. The molecule has 1 heterocycles. The molecule has 0 aromatic carbocycles. The van der Waals surface area contributed by atoms with Crippen molar-refractivity contribution >= 4 is 28.6 Å². The minimum absolute atomic E-state index is 0.0283. The maximum atomic E-state index is 10.4. The van der Waals surface area contributed by atoms with Crippen molar-refractivity contribution in [2.45, 2.75) is 0 Å². The van der Waals surface area contributed by atoms with E-state index >= 15 is 0 Å². The van der Waals surface area contributed by atoms with Crippen molar-refractivity contribution in [2.75, 3.05) is 0 Å². The summed E-state index contributed by atoms with van der Waals surface area (Å²) in [4.78, 5) is 13.9. The lowest BCUT2D eigenvalue weighted by molar-refractivity contribution is 0.0689. The van der Waals surface area contributed by atoms with Gasteiger partial charge in [0.05, 0.1) is 6.20 Å². The van der Waals surface area contributed by atoms with Crippen molar-refractivity contribution in [1.29, 1.82) is 0 Å². The number of aromatic nitrogens is 1. The fraction of sp³-hybridized carbons (Fsp3) is 0. The molecule has 0 aliphatic rings. The number of carboxylic acids is 1. The summed E-state index contributed by atoms with van der Waals surface area (Å²) in [7, 11) is 0. The maximum Gasteiger partial charge on any atom is 0.355 e. The monoisotopic (exact) mass is 265 g/mol. The van der Waals surface area contributed by atoms with E-state index in [1.165, 1.54) is 6.07 Å². The van der Waals surface area contributed by atoms with Gasteiger partial charge in [-0.2, -0.15) is 0 Å². The summed E-state index contributed by atoms with van der Waals surface area (Å²) in [6, 6.07) is 1.34. The van der Waals surface area contributed by atoms with Crippen molar-refractivity contribution in [3.8, 4) is 5.75 Å². The minimum atomic E-state index is -1.09. The summed E-state index contributed by atoms with van der Waals surface area (Å²) in [6.45, 7) is 0. The Balaban J connectivity index is 3.20. The first-order valence-corrected chi connectivity index (χ1v) is 3.77. The molecule has 0 saturated heterocycles. The molecule has 0 aliphatic carbocycles. The van der Waals surface area contributed by atoms with Crippen LogP contribution < -0.4 is 0 Å². The molecule has 0 amide bonds. The first-order valence-electron chi connectivity index (χ1n) is 2.69. The Morgan fingerprint density at radius 3 is 2.73 bits per heavy atom. The first-order chi connectivity index (χ1) is 5.11. The Morgan fingerprint density at radius 2 is 2.27 bits per heavy atom. The predicted octanol–water partition coefficient (Wildman–Crippen LogP) is 1.09. The van der Waals surface area contributed by atoms with E-state index in [1.807, 2.05) is 0 Å². The molecule has 0 aliphatic heterocycles. The van der Waals surface area contributed by atoms with Gasteiger partial charge in [0.25, 0.3) is 0 Å². The van der Waals surface area contributed by atoms with Gasteiger partial charge in [0.2, 0.25) is 0 Å². The van der Waals surface area contributed by atoms with E-state index in [4.69, 9.17) is 10.2 Å². The molecule has 11 heavy (non-hydrogen) atoms. The Morgan fingerprint density at radius 1 is 1.64 bits per heavy atom. The van der Waals surface area contributed by atoms with E-state index in [1.54, 1.807) is 22.6 Å². The Kier molecular flexibility index (Phi) is 2.28. The van der Waals surface area contributed by atoms with Crippen LogP contribution in [-0.2, 0) is 0 Å². The number of carboxylic acid groups (broad SMARTS) is 1. The molecule has 0 atom stereocenters. The van der Waals surface area contributed by atoms with E-state index in [0.717, 1.165) is 6.20 Å². The third-order valence-corrected chi connectivity index (χ3v) is 1.85. The van der Waals surface area contributed by atoms with Gasteiger partial charge in [0.15, 0.2) is 5.69 Å². The average molecular weight is 265 g/mol. The number of rotatable bonds is 1. The van der Waals surface area contributed by atoms with Crippen LogP contribution in [-0.4, -0.2) is 21.2 Å². The first kappa shape index (κ1) is 8.25. The maximum absolute atomic E-state index is 10.4. The molecular formula is C6H4INO3. The standard InChI is InChI=1S/C6H4INO3/c7-4-1-3(9)2-8-5(4)6(10)11/h1-2,9H,(H,10,11). The van der Waals surface area contributed by atoms with Crippen LogP contribution in [0.1, 0.15) is 10.5 Å². The van der Waals surface area contributed by atoms with Gasteiger partial charge in [-0.1, -0.05) is 0 Å². The second kappa shape index (κ2) is 3.04. The Labute approximate surface area is 76.0 Å². The predicted molar refractivity (Wildman–Crippen MR) is 45.6 cm³/mol. The van der Waals surface area contributed by atoms with Crippen molar-refractivity contribution in [3.63, 3.8) is 0 Å². The highest BCUT2D eigenvalue weighted by Gasteiger charge is 2.09. The number of carbonyl (C=O) groups is 1. The summed E-state index contributed by atoms with van der Waals surface area (Å²) in [5, 5.41) is 17.4. The number of halogens is 1. The van der Waals surface area contributed by atoms with Gasteiger partial charge in [-0.3, -0.25) is 0 Å². The molecule has 0 radical (unpaired) electrons. The lowest BCUT2D eigenvalue weighted by Gasteiger charge is -1.96. The Hall–Kier alpha value is -0.850. The van der Waals surface area contributed by atoms with Crippen LogP contribution in [0.2, 0.25) is 0 Å². The van der Waals surface area contributed by atoms with Gasteiger partial charge in [-0.05, 0) is 28.7 Å². The molecule has 1 aromatic rings. The molecule has 0 saturated carbocycles. The van der Waals surface area contributed by atoms with Crippen LogP contribution >= 0.6 is 22.6 Å². The molecule has 1 rings (SSSR count). The summed E-state index contributed by atoms with van der Waals surface area (Å²) < 4.78 is 0.426. The normalized spacial score (nSPS) is 9.55. The number of hydrogen-bond acceptors (Lipinski definition) is 3. The van der Waals surface area contributed by atoms with Crippen LogP contribution in [0.3, 0.4) is 0 Å². The Bertz CT molecular complexity index is 300. The third kappa shape index (κ3) is 1.79. The van der Waals surface area contributed by atoms with E-state index in [9.17, 15) is 4.79 Å². The number of pyridine rings is 1. The highest BCUT2D eigenvalue weighted by atomic mass is 127. The van der Waals surface area contributed by atoms with Crippen molar-refractivity contribution in [3.05, 3.63) is 21.5 Å². The van der Waals surface area contributed by atoms with Crippen LogP contribution in [0.15, 0.2) is 12.3 Å². The highest BCUT2D eigenvalue weighted by Crippen LogP contribution is 2.15. The van der Waals surface area contributed by atoms with Gasteiger partial charge in [0.1, 0.15) is 5.75 Å². The smallest absolute Gasteiger partial charge is 0.355 e. The van der Waals surface area contributed by atoms with Gasteiger partial charge in [0, 0.05) is 3.57 Å². The van der Waals surface area contributed by atoms with Crippen molar-refractivity contribution in [1.82, 2.24) is 4.98 Å². The van der Waals surface area contributed by atoms with Gasteiger partial charge < -0.3 is 10.2 Å². The third-order valence-electron chi connectivity index (χ3n) is 1.03. The molecule has 4 nitrogen and oxygen atoms in total. The average Bonchev–Trinajstić information content (AvgIpc) is 1.85. The molecule has 0 bridgehead atoms. The summed E-state index contributed by atoms with van der Waals surface area (Å²) in [5.41, 5.74) is -0.0385. The molecular weight excluding hydrogens is 261 g/mol. The van der Waals surface area contributed by atoms with E-state index in [2.05, 4.69) is 4.98 Å². The molecule has 58 valence electrons. The van der Waals surface area contributed by atoms with Crippen LogP contribution in [0, 0.1) is 3.57 Å². The largest absolute Gasteiger partial charge is 0.506 e. The SMILES string of the molecule is O=C(O)c1ncc(O)cc1I. The zero-order chi connectivity index (χ0) is 8.43. The fourth-order valence-electron chi connectivity index (χ4n) is 0.585. The van der Waals surface area contributed by atoms with Crippen LogP contribution in [0.5, 0.6) is 5.75 Å². The number of hydrogen-bond donors (Lipinski definition) is 2. The molecule has 2 N–H and O–H groups in total. The highest BCUT2D eigenvalue weighted by molar-refractivity contribution is 14.1. The lowest BCUT2D eigenvalue weighted by Crippen LogP contribution is -2.02. The number of aromatic carboxylic acids is 1. The zero-order valence-corrected chi connectivity index (χ0v) is 7.44. The molecule has 0 spiro atoms. The summed E-state index contributed by atoms with van der Waals surface area (Å²) in [5.74, 6) is -1.12. The summed E-state index contributed by atoms with van der Waals surface area (Å²) in [6.07, 6.45) is 1.10. The topological polar surface area (TPSA) is 70.4 Å². The van der Waals surface area contributed by atoms with Crippen LogP contribution in [0.25, 0.3) is 0 Å². The minimum Gasteiger partial charge on any atom is -0.506 e. The lowest BCUT2D eigenvalue weighted by atomic mass is 10.3. The van der Waals surface area contributed by atoms with Gasteiger partial charge >= 0.3 is 5.97 Å². The van der Waals surface area contributed by atoms with E-state index in [0.29, 0.717) is 3.57 Å². The number of aromatic hydroxyl groups is 1. The van der Waals surface area contributed by atoms with E-state index in [-0.39, 0.29) is 11.4 Å². The molecule has 0 unspecified atom stereocenters. The quantitative estimate of drug-likeness (QED) is 0.745. The molecule has 5 heteroatoms. The van der Waals surface area contributed by atoms with Crippen molar-refractivity contribution in [2.24, 2.45) is 0 Å². The van der Waals surface area contributed by atoms with Crippen molar-refractivity contribution < 1.29 is 15.0 Å². The molecule has 0 fully saturated rings. The number of nitrogens with zero attached hydrogens (tertiary/aromatic N) is 1. The summed E-state index contributed by atoms with van der Waals surface area (Å²) >= 11 is 1.80. The zero-order valence-electron chi connectivity index (χ0n) is 5.28. The second-order valence-electron chi connectivity index (χ2n) is 1.83. The van der Waals surface area contributed by atoms with Gasteiger partial charge in [-0.15, -0.1) is 0 Å². The second-order valence-corrected chi connectivity index (χ2v) is 2.99. The van der Waals surface area contributed by atoms with E-state index < -0.39 is 5.97 Å². The molecule has 1 aromatic heterocycles.